The highest BCUT2D eigenvalue weighted by molar-refractivity contribution is 7.99. The quantitative estimate of drug-likeness (QED) is 0.548. The third-order valence-electron chi connectivity index (χ3n) is 2.14. The number of carbonyl (C=O) groups excluding carboxylic acids is 2. The maximum absolute atomic E-state index is 11.4. The Labute approximate surface area is 74.5 Å². The number of amides is 2. The van der Waals surface area contributed by atoms with Crippen molar-refractivity contribution in [1.82, 2.24) is 10.6 Å². The Kier molecular flexibility index (Phi) is 1.96. The molecule has 2 amide bonds. The lowest BCUT2D eigenvalue weighted by molar-refractivity contribution is -0.120. The first-order chi connectivity index (χ1) is 5.77. The van der Waals surface area contributed by atoms with Crippen LogP contribution in [0.2, 0.25) is 0 Å². The minimum atomic E-state index is -0.271. The molecule has 2 N–H and O–H groups in total. The molecule has 2 atom stereocenters. The first-order valence-corrected chi connectivity index (χ1v) is 5.10. The Morgan fingerprint density at radius 2 is 2.17 bits per heavy atom. The van der Waals surface area contributed by atoms with Gasteiger partial charge in [-0.2, -0.15) is 11.8 Å². The van der Waals surface area contributed by atoms with Gasteiger partial charge >= 0.3 is 6.03 Å². The lowest BCUT2D eigenvalue weighted by Crippen LogP contribution is -2.40. The zero-order valence-corrected chi connectivity index (χ0v) is 7.32. The number of thioether (sulfide) groups is 1. The van der Waals surface area contributed by atoms with Gasteiger partial charge in [0, 0.05) is 17.9 Å². The average Bonchev–Trinajstić information content (AvgIpc) is 2.33. The Hall–Kier alpha value is -0.710. The van der Waals surface area contributed by atoms with Gasteiger partial charge in [-0.15, -0.1) is 0 Å². The second kappa shape index (κ2) is 2.97. The molecule has 2 aliphatic rings. The monoisotopic (exact) mass is 186 g/mol. The van der Waals surface area contributed by atoms with Crippen LogP contribution in [0.1, 0.15) is 6.42 Å². The molecule has 0 aliphatic carbocycles. The van der Waals surface area contributed by atoms with Crippen LogP contribution in [0.5, 0.6) is 0 Å². The highest BCUT2D eigenvalue weighted by Gasteiger charge is 2.37. The standard InChI is InChI=1S/C7H10N2O2S/c10-5-1-2-12-3-4-6(5)9-7(11)8-4/h4,6H,1-3H2,(H2,8,9,11)/t4-,6-/m0/s1. The number of ketones is 1. The van der Waals surface area contributed by atoms with E-state index in [0.717, 1.165) is 11.5 Å². The van der Waals surface area contributed by atoms with E-state index in [1.807, 2.05) is 0 Å². The highest BCUT2D eigenvalue weighted by atomic mass is 32.2. The molecule has 2 heterocycles. The van der Waals surface area contributed by atoms with Crippen LogP contribution in [0.25, 0.3) is 0 Å². The molecule has 66 valence electrons. The third-order valence-corrected chi connectivity index (χ3v) is 3.23. The summed E-state index contributed by atoms with van der Waals surface area (Å²) >= 11 is 1.72. The van der Waals surface area contributed by atoms with Crippen LogP contribution in [0.4, 0.5) is 4.79 Å². The average molecular weight is 186 g/mol. The van der Waals surface area contributed by atoms with Crippen LogP contribution in [0, 0.1) is 0 Å². The first kappa shape index (κ1) is 7.91. The summed E-state index contributed by atoms with van der Waals surface area (Å²) in [4.78, 5) is 22.3. The molecule has 0 saturated carbocycles. The Morgan fingerprint density at radius 1 is 1.33 bits per heavy atom. The summed E-state index contributed by atoms with van der Waals surface area (Å²) in [6, 6.07) is -0.467. The van der Waals surface area contributed by atoms with Gasteiger partial charge in [-0.05, 0) is 0 Å². The summed E-state index contributed by atoms with van der Waals surface area (Å²) in [5.41, 5.74) is 0. The fraction of sp³-hybridized carbons (Fsp3) is 0.714. The predicted molar refractivity (Wildman–Crippen MR) is 46.2 cm³/mol. The molecule has 2 rings (SSSR count). The normalized spacial score (nSPS) is 35.0. The van der Waals surface area contributed by atoms with E-state index in [4.69, 9.17) is 0 Å². The number of hydrogen-bond donors (Lipinski definition) is 2. The predicted octanol–water partition coefficient (Wildman–Crippen LogP) is -0.258. The van der Waals surface area contributed by atoms with Gasteiger partial charge < -0.3 is 10.6 Å². The van der Waals surface area contributed by atoms with E-state index in [2.05, 4.69) is 10.6 Å². The summed E-state index contributed by atoms with van der Waals surface area (Å²) in [5.74, 6) is 1.88. The largest absolute Gasteiger partial charge is 0.332 e. The molecule has 12 heavy (non-hydrogen) atoms. The Balaban J connectivity index is 2.14. The van der Waals surface area contributed by atoms with Gasteiger partial charge in [0.2, 0.25) is 0 Å². The number of fused-ring (bicyclic) bond motifs is 1. The van der Waals surface area contributed by atoms with E-state index in [9.17, 15) is 9.59 Å². The zero-order chi connectivity index (χ0) is 8.55. The van der Waals surface area contributed by atoms with E-state index in [0.29, 0.717) is 6.42 Å². The second-order valence-corrected chi connectivity index (χ2v) is 4.14. The molecule has 0 unspecified atom stereocenters. The van der Waals surface area contributed by atoms with Crippen molar-refractivity contribution in [3.63, 3.8) is 0 Å². The summed E-state index contributed by atoms with van der Waals surface area (Å²) in [6.07, 6.45) is 0.577. The molecule has 0 aromatic carbocycles. The van der Waals surface area contributed by atoms with E-state index in [-0.39, 0.29) is 23.9 Å². The third kappa shape index (κ3) is 1.29. The van der Waals surface area contributed by atoms with Crippen molar-refractivity contribution in [2.45, 2.75) is 18.5 Å². The van der Waals surface area contributed by atoms with Crippen LogP contribution in [-0.4, -0.2) is 35.4 Å². The molecule has 0 aromatic heterocycles. The van der Waals surface area contributed by atoms with Crippen LogP contribution < -0.4 is 10.6 Å². The summed E-state index contributed by atoms with van der Waals surface area (Å²) in [5, 5.41) is 5.37. The van der Waals surface area contributed by atoms with Crippen molar-refractivity contribution >= 4 is 23.6 Å². The highest BCUT2D eigenvalue weighted by Crippen LogP contribution is 2.17. The van der Waals surface area contributed by atoms with E-state index in [1.165, 1.54) is 0 Å². The molecule has 2 fully saturated rings. The van der Waals surface area contributed by atoms with Crippen molar-refractivity contribution in [3.8, 4) is 0 Å². The molecule has 2 aliphatic heterocycles. The smallest absolute Gasteiger partial charge is 0.315 e. The van der Waals surface area contributed by atoms with Crippen LogP contribution in [-0.2, 0) is 4.79 Å². The van der Waals surface area contributed by atoms with Crippen LogP contribution in [0.15, 0.2) is 0 Å². The number of carbonyl (C=O) groups is 2. The Morgan fingerprint density at radius 3 is 3.00 bits per heavy atom. The van der Waals surface area contributed by atoms with E-state index in [1.54, 1.807) is 11.8 Å². The maximum atomic E-state index is 11.4. The van der Waals surface area contributed by atoms with Gasteiger partial charge in [0.05, 0.1) is 6.04 Å². The molecule has 0 bridgehead atoms. The van der Waals surface area contributed by atoms with Crippen molar-refractivity contribution in [1.29, 1.82) is 0 Å². The minimum absolute atomic E-state index is 0.0116. The van der Waals surface area contributed by atoms with Gasteiger partial charge in [0.25, 0.3) is 0 Å². The topological polar surface area (TPSA) is 58.2 Å². The molecule has 5 heteroatoms. The molecule has 4 nitrogen and oxygen atoms in total. The molecule has 0 radical (unpaired) electrons. The number of hydrogen-bond acceptors (Lipinski definition) is 3. The Bertz CT molecular complexity index is 231. The number of nitrogens with one attached hydrogen (secondary N) is 2. The van der Waals surface area contributed by atoms with Crippen LogP contribution in [0.3, 0.4) is 0 Å². The van der Waals surface area contributed by atoms with E-state index < -0.39 is 0 Å². The minimum Gasteiger partial charge on any atom is -0.332 e. The summed E-state index contributed by atoms with van der Waals surface area (Å²) in [7, 11) is 0. The maximum Gasteiger partial charge on any atom is 0.315 e. The van der Waals surface area contributed by atoms with Crippen molar-refractivity contribution in [2.75, 3.05) is 11.5 Å². The number of rotatable bonds is 0. The molecule has 0 spiro atoms. The van der Waals surface area contributed by atoms with Gasteiger partial charge in [0.1, 0.15) is 6.04 Å². The second-order valence-electron chi connectivity index (χ2n) is 2.99. The van der Waals surface area contributed by atoms with Crippen molar-refractivity contribution in [2.24, 2.45) is 0 Å². The summed E-state index contributed by atoms with van der Waals surface area (Å²) in [6.45, 7) is 0. The van der Waals surface area contributed by atoms with Crippen molar-refractivity contribution in [3.05, 3.63) is 0 Å². The SMILES string of the molecule is O=C1N[C@H]2CSCCC(=O)[C@H]2N1. The van der Waals surface area contributed by atoms with Gasteiger partial charge in [-0.3, -0.25) is 4.79 Å². The van der Waals surface area contributed by atoms with Gasteiger partial charge in [-0.1, -0.05) is 0 Å². The van der Waals surface area contributed by atoms with Gasteiger partial charge in [-0.25, -0.2) is 4.79 Å². The fourth-order valence-electron chi connectivity index (χ4n) is 1.52. The van der Waals surface area contributed by atoms with E-state index >= 15 is 0 Å². The lowest BCUT2D eigenvalue weighted by Gasteiger charge is -2.11. The molecular formula is C7H10N2O2S. The number of Topliss-reactive ketones (excluding diaryl/α,β-unsaturated/α-hetero) is 1. The summed E-state index contributed by atoms with van der Waals surface area (Å²) < 4.78 is 0. The molecule has 0 aromatic rings. The van der Waals surface area contributed by atoms with Crippen molar-refractivity contribution < 1.29 is 9.59 Å². The fourth-order valence-corrected chi connectivity index (χ4v) is 2.56. The van der Waals surface area contributed by atoms with Gasteiger partial charge in [0.15, 0.2) is 5.78 Å². The van der Waals surface area contributed by atoms with Crippen LogP contribution >= 0.6 is 11.8 Å². The molecular weight excluding hydrogens is 176 g/mol. The zero-order valence-electron chi connectivity index (χ0n) is 6.50. The lowest BCUT2D eigenvalue weighted by atomic mass is 10.1. The number of urea groups is 1. The first-order valence-electron chi connectivity index (χ1n) is 3.95. The molecule has 2 saturated heterocycles.